The van der Waals surface area contributed by atoms with Crippen molar-refractivity contribution in [2.24, 2.45) is 5.92 Å². The van der Waals surface area contributed by atoms with Crippen LogP contribution in [0.25, 0.3) is 0 Å². The first kappa shape index (κ1) is 19.4. The van der Waals surface area contributed by atoms with Gasteiger partial charge in [-0.15, -0.1) is 0 Å². The van der Waals surface area contributed by atoms with Crippen LogP contribution < -0.4 is 10.2 Å². The molecule has 0 aromatic heterocycles. The van der Waals surface area contributed by atoms with Crippen molar-refractivity contribution in [1.82, 2.24) is 10.2 Å². The molecule has 3 rings (SSSR count). The van der Waals surface area contributed by atoms with Gasteiger partial charge in [0.05, 0.1) is 6.54 Å². The summed E-state index contributed by atoms with van der Waals surface area (Å²) in [5.74, 6) is -0.367. The smallest absolute Gasteiger partial charge is 0.325 e. The number of anilines is 1. The number of urea groups is 1. The Balaban J connectivity index is 1.72. The highest BCUT2D eigenvalue weighted by Gasteiger charge is 2.55. The standard InChI is InChI=1S/C21H29N3O3/c1-4-23(5-2)17-11-9-16(10-12-17)18(25)14-24-19(26)21(22-20(24)27)13-7-6-8-15(21)3/h9-12,15H,4-8,13-14H2,1-3H3,(H,22,27). The third-order valence-corrected chi connectivity index (χ3v) is 6.12. The van der Waals surface area contributed by atoms with E-state index in [-0.39, 0.29) is 24.2 Å². The van der Waals surface area contributed by atoms with Crippen LogP contribution in [0.5, 0.6) is 0 Å². The average Bonchev–Trinajstić information content (AvgIpc) is 2.90. The second-order valence-electron chi connectivity index (χ2n) is 7.58. The van der Waals surface area contributed by atoms with Crippen LogP contribution in [0.3, 0.4) is 0 Å². The summed E-state index contributed by atoms with van der Waals surface area (Å²) in [5.41, 5.74) is 0.757. The minimum Gasteiger partial charge on any atom is -0.372 e. The van der Waals surface area contributed by atoms with Crippen molar-refractivity contribution in [3.63, 3.8) is 0 Å². The highest BCUT2D eigenvalue weighted by atomic mass is 16.2. The number of amides is 3. The van der Waals surface area contributed by atoms with E-state index < -0.39 is 11.6 Å². The molecule has 2 aliphatic rings. The van der Waals surface area contributed by atoms with Crippen LogP contribution in [-0.2, 0) is 4.79 Å². The molecule has 0 radical (unpaired) electrons. The summed E-state index contributed by atoms with van der Waals surface area (Å²) in [4.78, 5) is 41.4. The molecule has 1 aromatic carbocycles. The van der Waals surface area contributed by atoms with Gasteiger partial charge in [0, 0.05) is 24.3 Å². The molecule has 6 nitrogen and oxygen atoms in total. The van der Waals surface area contributed by atoms with Crippen molar-refractivity contribution >= 4 is 23.4 Å². The molecule has 1 aliphatic heterocycles. The summed E-state index contributed by atoms with van der Waals surface area (Å²) in [5, 5.41) is 2.89. The van der Waals surface area contributed by atoms with E-state index in [9.17, 15) is 14.4 Å². The Bertz CT molecular complexity index is 727. The van der Waals surface area contributed by atoms with Gasteiger partial charge in [-0.05, 0) is 56.9 Å². The van der Waals surface area contributed by atoms with Crippen LogP contribution in [0.4, 0.5) is 10.5 Å². The number of Topliss-reactive ketones (excluding diaryl/α,β-unsaturated/α-hetero) is 1. The summed E-state index contributed by atoms with van der Waals surface area (Å²) in [6, 6.07) is 6.93. The van der Waals surface area contributed by atoms with Gasteiger partial charge in [-0.2, -0.15) is 0 Å². The highest BCUT2D eigenvalue weighted by molar-refractivity contribution is 6.11. The van der Waals surface area contributed by atoms with Crippen molar-refractivity contribution in [2.45, 2.75) is 52.0 Å². The van der Waals surface area contributed by atoms with Crippen LogP contribution in [0.15, 0.2) is 24.3 Å². The zero-order chi connectivity index (χ0) is 19.6. The van der Waals surface area contributed by atoms with E-state index in [0.29, 0.717) is 12.0 Å². The van der Waals surface area contributed by atoms with Gasteiger partial charge in [0.25, 0.3) is 5.91 Å². The molecule has 1 spiro atoms. The lowest BCUT2D eigenvalue weighted by molar-refractivity contribution is -0.133. The number of hydrogen-bond acceptors (Lipinski definition) is 4. The van der Waals surface area contributed by atoms with Crippen molar-refractivity contribution < 1.29 is 14.4 Å². The molecule has 1 saturated heterocycles. The molecule has 2 atom stereocenters. The Morgan fingerprint density at radius 3 is 2.44 bits per heavy atom. The summed E-state index contributed by atoms with van der Waals surface area (Å²) in [7, 11) is 0. The maximum atomic E-state index is 13.0. The molecule has 2 fully saturated rings. The molecule has 146 valence electrons. The van der Waals surface area contributed by atoms with Crippen molar-refractivity contribution in [3.8, 4) is 0 Å². The quantitative estimate of drug-likeness (QED) is 0.616. The van der Waals surface area contributed by atoms with Gasteiger partial charge in [0.2, 0.25) is 0 Å². The zero-order valence-electron chi connectivity index (χ0n) is 16.5. The molecule has 3 amide bonds. The van der Waals surface area contributed by atoms with E-state index >= 15 is 0 Å². The van der Waals surface area contributed by atoms with E-state index in [1.54, 1.807) is 12.1 Å². The predicted octanol–water partition coefficient (Wildman–Crippen LogP) is 3.22. The summed E-state index contributed by atoms with van der Waals surface area (Å²) >= 11 is 0. The average molecular weight is 371 g/mol. The van der Waals surface area contributed by atoms with E-state index in [4.69, 9.17) is 0 Å². The van der Waals surface area contributed by atoms with Crippen LogP contribution in [0, 0.1) is 5.92 Å². The van der Waals surface area contributed by atoms with Crippen LogP contribution >= 0.6 is 0 Å². The number of benzene rings is 1. The Morgan fingerprint density at radius 1 is 1.19 bits per heavy atom. The number of carbonyl (C=O) groups is 3. The fourth-order valence-corrected chi connectivity index (χ4v) is 4.32. The van der Waals surface area contributed by atoms with E-state index in [0.717, 1.165) is 42.9 Å². The van der Waals surface area contributed by atoms with Crippen LogP contribution in [0.2, 0.25) is 0 Å². The van der Waals surface area contributed by atoms with E-state index in [1.165, 1.54) is 0 Å². The fourth-order valence-electron chi connectivity index (χ4n) is 4.32. The van der Waals surface area contributed by atoms with Gasteiger partial charge in [-0.1, -0.05) is 19.8 Å². The largest absolute Gasteiger partial charge is 0.372 e. The van der Waals surface area contributed by atoms with Gasteiger partial charge in [0.15, 0.2) is 5.78 Å². The molecule has 1 aromatic rings. The molecule has 0 bridgehead atoms. The Hall–Kier alpha value is -2.37. The number of hydrogen-bond donors (Lipinski definition) is 1. The third-order valence-electron chi connectivity index (χ3n) is 6.12. The molecule has 1 heterocycles. The molecule has 27 heavy (non-hydrogen) atoms. The van der Waals surface area contributed by atoms with Gasteiger partial charge in [0.1, 0.15) is 5.54 Å². The first-order valence-corrected chi connectivity index (χ1v) is 9.95. The van der Waals surface area contributed by atoms with E-state index in [1.807, 2.05) is 19.1 Å². The number of ketones is 1. The van der Waals surface area contributed by atoms with Gasteiger partial charge in [-0.3, -0.25) is 14.5 Å². The second-order valence-corrected chi connectivity index (χ2v) is 7.58. The van der Waals surface area contributed by atoms with Gasteiger partial charge < -0.3 is 10.2 Å². The fraction of sp³-hybridized carbons (Fsp3) is 0.571. The monoisotopic (exact) mass is 371 g/mol. The van der Waals surface area contributed by atoms with Crippen LogP contribution in [0.1, 0.15) is 56.8 Å². The zero-order valence-corrected chi connectivity index (χ0v) is 16.5. The van der Waals surface area contributed by atoms with Crippen molar-refractivity contribution in [1.29, 1.82) is 0 Å². The van der Waals surface area contributed by atoms with Crippen molar-refractivity contribution in [3.05, 3.63) is 29.8 Å². The molecular formula is C21H29N3O3. The summed E-state index contributed by atoms with van der Waals surface area (Å²) in [6.07, 6.45) is 3.57. The molecule has 1 aliphatic carbocycles. The summed E-state index contributed by atoms with van der Waals surface area (Å²) < 4.78 is 0. The van der Waals surface area contributed by atoms with Crippen LogP contribution in [-0.4, -0.2) is 47.8 Å². The lowest BCUT2D eigenvalue weighted by Crippen LogP contribution is -2.54. The van der Waals surface area contributed by atoms with Gasteiger partial charge >= 0.3 is 6.03 Å². The molecule has 1 N–H and O–H groups in total. The summed E-state index contributed by atoms with van der Waals surface area (Å²) in [6.45, 7) is 7.77. The molecule has 2 unspecified atom stereocenters. The highest BCUT2D eigenvalue weighted by Crippen LogP contribution is 2.38. The Labute approximate surface area is 160 Å². The predicted molar refractivity (Wildman–Crippen MR) is 105 cm³/mol. The lowest BCUT2D eigenvalue weighted by atomic mass is 9.73. The number of nitrogens with zero attached hydrogens (tertiary/aromatic N) is 2. The number of nitrogens with one attached hydrogen (secondary N) is 1. The molecule has 1 saturated carbocycles. The number of carbonyl (C=O) groups excluding carboxylic acids is 3. The molecular weight excluding hydrogens is 342 g/mol. The Kier molecular flexibility index (Phi) is 5.53. The first-order chi connectivity index (χ1) is 12.9. The Morgan fingerprint density at radius 2 is 1.85 bits per heavy atom. The first-order valence-electron chi connectivity index (χ1n) is 9.95. The van der Waals surface area contributed by atoms with E-state index in [2.05, 4.69) is 24.1 Å². The van der Waals surface area contributed by atoms with Gasteiger partial charge in [-0.25, -0.2) is 4.79 Å². The maximum absolute atomic E-state index is 13.0. The second kappa shape index (κ2) is 7.71. The minimum atomic E-state index is -0.817. The normalized spacial score (nSPS) is 25.0. The SMILES string of the molecule is CCN(CC)c1ccc(C(=O)CN2C(=O)NC3(CCCCC3C)C2=O)cc1. The lowest BCUT2D eigenvalue weighted by Gasteiger charge is -2.36. The topological polar surface area (TPSA) is 69.7 Å². The minimum absolute atomic E-state index is 0.0937. The third kappa shape index (κ3) is 3.45. The van der Waals surface area contributed by atoms with Crippen molar-refractivity contribution in [2.75, 3.05) is 24.5 Å². The number of imide groups is 1. The number of rotatable bonds is 6. The molecule has 6 heteroatoms. The maximum Gasteiger partial charge on any atom is 0.325 e.